The minimum Gasteiger partial charge on any atom is -0.387 e. The predicted octanol–water partition coefficient (Wildman–Crippen LogP) is 0.417. The molecule has 0 radical (unpaired) electrons. The molecular weight excluding hydrogens is 168 g/mol. The van der Waals surface area contributed by atoms with E-state index in [1.165, 1.54) is 0 Å². The Morgan fingerprint density at radius 1 is 1.54 bits per heavy atom. The molecule has 1 saturated heterocycles. The first-order valence-corrected chi connectivity index (χ1v) is 4.71. The summed E-state index contributed by atoms with van der Waals surface area (Å²) in [7, 11) is 1.67. The van der Waals surface area contributed by atoms with Crippen LogP contribution < -0.4 is 5.73 Å². The molecule has 1 fully saturated rings. The van der Waals surface area contributed by atoms with Gasteiger partial charge in [0.25, 0.3) is 0 Å². The van der Waals surface area contributed by atoms with Gasteiger partial charge in [0.15, 0.2) is 0 Å². The van der Waals surface area contributed by atoms with E-state index in [0.717, 1.165) is 31.9 Å². The van der Waals surface area contributed by atoms with Crippen molar-refractivity contribution in [3.05, 3.63) is 0 Å². The summed E-state index contributed by atoms with van der Waals surface area (Å²) >= 11 is 0. The Morgan fingerprint density at radius 3 is 2.85 bits per heavy atom. The quantitative estimate of drug-likeness (QED) is 0.393. The highest BCUT2D eigenvalue weighted by molar-refractivity contribution is 5.82. The number of nitrogens with two attached hydrogens (primary N) is 1. The van der Waals surface area contributed by atoms with Gasteiger partial charge in [-0.1, -0.05) is 0 Å². The monoisotopic (exact) mass is 186 g/mol. The Balaban J connectivity index is 2.27. The first-order chi connectivity index (χ1) is 6.34. The SMILES string of the molecule is COCCN=C(N)C1CCOCC1. The summed E-state index contributed by atoms with van der Waals surface area (Å²) in [5, 5.41) is 0. The zero-order chi connectivity index (χ0) is 9.52. The molecule has 1 heterocycles. The molecule has 76 valence electrons. The number of methoxy groups -OCH3 is 1. The lowest BCUT2D eigenvalue weighted by Crippen LogP contribution is -2.29. The highest BCUT2D eigenvalue weighted by Gasteiger charge is 2.16. The smallest absolute Gasteiger partial charge is 0.0971 e. The van der Waals surface area contributed by atoms with Crippen molar-refractivity contribution in [1.29, 1.82) is 0 Å². The van der Waals surface area contributed by atoms with Crippen LogP contribution in [0.3, 0.4) is 0 Å². The van der Waals surface area contributed by atoms with Crippen LogP contribution in [-0.2, 0) is 9.47 Å². The summed E-state index contributed by atoms with van der Waals surface area (Å²) < 4.78 is 10.1. The summed E-state index contributed by atoms with van der Waals surface area (Å²) in [5.41, 5.74) is 5.83. The number of ether oxygens (including phenoxy) is 2. The molecular formula is C9H18N2O2. The predicted molar refractivity (Wildman–Crippen MR) is 51.9 cm³/mol. The van der Waals surface area contributed by atoms with E-state index in [1.807, 2.05) is 0 Å². The van der Waals surface area contributed by atoms with Gasteiger partial charge in [-0.2, -0.15) is 0 Å². The standard InChI is InChI=1S/C9H18N2O2/c1-12-7-4-11-9(10)8-2-5-13-6-3-8/h8H,2-7H2,1H3,(H2,10,11). The summed E-state index contributed by atoms with van der Waals surface area (Å²) in [6.07, 6.45) is 2.00. The second-order valence-corrected chi connectivity index (χ2v) is 3.19. The van der Waals surface area contributed by atoms with Crippen LogP contribution in [0.2, 0.25) is 0 Å². The van der Waals surface area contributed by atoms with Crippen LogP contribution in [0.15, 0.2) is 4.99 Å². The van der Waals surface area contributed by atoms with Crippen molar-refractivity contribution in [3.63, 3.8) is 0 Å². The van der Waals surface area contributed by atoms with Crippen molar-refractivity contribution in [2.75, 3.05) is 33.5 Å². The zero-order valence-corrected chi connectivity index (χ0v) is 8.16. The molecule has 0 aliphatic carbocycles. The molecule has 4 heteroatoms. The van der Waals surface area contributed by atoms with Crippen LogP contribution in [0.25, 0.3) is 0 Å². The van der Waals surface area contributed by atoms with Crippen LogP contribution in [0.1, 0.15) is 12.8 Å². The maximum Gasteiger partial charge on any atom is 0.0971 e. The maximum atomic E-state index is 5.83. The Morgan fingerprint density at radius 2 is 2.23 bits per heavy atom. The van der Waals surface area contributed by atoms with Crippen molar-refractivity contribution in [2.45, 2.75) is 12.8 Å². The molecule has 0 aromatic heterocycles. The fourth-order valence-corrected chi connectivity index (χ4v) is 1.39. The van der Waals surface area contributed by atoms with E-state index in [4.69, 9.17) is 15.2 Å². The van der Waals surface area contributed by atoms with Crippen molar-refractivity contribution >= 4 is 5.84 Å². The minimum atomic E-state index is 0.422. The average molecular weight is 186 g/mol. The number of hydrogen-bond acceptors (Lipinski definition) is 3. The second kappa shape index (κ2) is 5.94. The van der Waals surface area contributed by atoms with Gasteiger partial charge in [0.05, 0.1) is 19.0 Å². The summed E-state index contributed by atoms with van der Waals surface area (Å²) in [6, 6.07) is 0. The normalized spacial score (nSPS) is 20.5. The van der Waals surface area contributed by atoms with E-state index in [0.29, 0.717) is 19.1 Å². The number of hydrogen-bond donors (Lipinski definition) is 1. The molecule has 0 bridgehead atoms. The number of aliphatic imine (C=N–C) groups is 1. The number of nitrogens with zero attached hydrogens (tertiary/aromatic N) is 1. The number of rotatable bonds is 4. The fourth-order valence-electron chi connectivity index (χ4n) is 1.39. The van der Waals surface area contributed by atoms with Gasteiger partial charge in [0.2, 0.25) is 0 Å². The summed E-state index contributed by atoms with van der Waals surface area (Å²) in [6.45, 7) is 2.93. The van der Waals surface area contributed by atoms with Crippen LogP contribution in [0.5, 0.6) is 0 Å². The second-order valence-electron chi connectivity index (χ2n) is 3.19. The Kier molecular flexibility index (Phi) is 4.78. The number of amidine groups is 1. The molecule has 0 saturated carbocycles. The lowest BCUT2D eigenvalue weighted by Gasteiger charge is -2.21. The van der Waals surface area contributed by atoms with E-state index in [-0.39, 0.29) is 0 Å². The van der Waals surface area contributed by atoms with Gasteiger partial charge < -0.3 is 15.2 Å². The van der Waals surface area contributed by atoms with Gasteiger partial charge in [0.1, 0.15) is 0 Å². The molecule has 0 spiro atoms. The van der Waals surface area contributed by atoms with Crippen LogP contribution >= 0.6 is 0 Å². The van der Waals surface area contributed by atoms with Gasteiger partial charge in [-0.05, 0) is 12.8 Å². The topological polar surface area (TPSA) is 56.8 Å². The van der Waals surface area contributed by atoms with Gasteiger partial charge in [-0.3, -0.25) is 4.99 Å². The minimum absolute atomic E-state index is 0.422. The average Bonchev–Trinajstić information content (AvgIpc) is 2.19. The highest BCUT2D eigenvalue weighted by atomic mass is 16.5. The third kappa shape index (κ3) is 3.74. The maximum absolute atomic E-state index is 5.83. The highest BCUT2D eigenvalue weighted by Crippen LogP contribution is 2.14. The third-order valence-electron chi connectivity index (χ3n) is 2.23. The van der Waals surface area contributed by atoms with Gasteiger partial charge >= 0.3 is 0 Å². The van der Waals surface area contributed by atoms with E-state index < -0.39 is 0 Å². The summed E-state index contributed by atoms with van der Waals surface area (Å²) in [4.78, 5) is 4.25. The third-order valence-corrected chi connectivity index (χ3v) is 2.23. The van der Waals surface area contributed by atoms with Crippen LogP contribution in [0, 0.1) is 5.92 Å². The lowest BCUT2D eigenvalue weighted by molar-refractivity contribution is 0.0824. The molecule has 1 aliphatic rings. The first kappa shape index (κ1) is 10.5. The van der Waals surface area contributed by atoms with Crippen LogP contribution in [0.4, 0.5) is 0 Å². The Hall–Kier alpha value is -0.610. The summed E-state index contributed by atoms with van der Waals surface area (Å²) in [5.74, 6) is 1.19. The van der Waals surface area contributed by atoms with Crippen molar-refractivity contribution in [3.8, 4) is 0 Å². The largest absolute Gasteiger partial charge is 0.387 e. The molecule has 0 aromatic carbocycles. The Bertz CT molecular complexity index is 165. The molecule has 0 atom stereocenters. The van der Waals surface area contributed by atoms with E-state index in [9.17, 15) is 0 Å². The first-order valence-electron chi connectivity index (χ1n) is 4.71. The molecule has 1 rings (SSSR count). The molecule has 0 aromatic rings. The molecule has 0 unspecified atom stereocenters. The Labute approximate surface area is 79.1 Å². The molecule has 4 nitrogen and oxygen atoms in total. The van der Waals surface area contributed by atoms with Crippen molar-refractivity contribution < 1.29 is 9.47 Å². The van der Waals surface area contributed by atoms with Crippen molar-refractivity contribution in [1.82, 2.24) is 0 Å². The molecule has 2 N–H and O–H groups in total. The molecule has 13 heavy (non-hydrogen) atoms. The van der Waals surface area contributed by atoms with Crippen molar-refractivity contribution in [2.24, 2.45) is 16.6 Å². The molecule has 1 aliphatic heterocycles. The van der Waals surface area contributed by atoms with E-state index in [2.05, 4.69) is 4.99 Å². The van der Waals surface area contributed by atoms with E-state index in [1.54, 1.807) is 7.11 Å². The molecule has 0 amide bonds. The van der Waals surface area contributed by atoms with Gasteiger partial charge in [-0.15, -0.1) is 0 Å². The zero-order valence-electron chi connectivity index (χ0n) is 8.16. The van der Waals surface area contributed by atoms with Crippen LogP contribution in [-0.4, -0.2) is 39.3 Å². The van der Waals surface area contributed by atoms with Gasteiger partial charge in [-0.25, -0.2) is 0 Å². The van der Waals surface area contributed by atoms with E-state index >= 15 is 0 Å². The van der Waals surface area contributed by atoms with Gasteiger partial charge in [0, 0.05) is 26.2 Å². The fraction of sp³-hybridized carbons (Fsp3) is 0.889. The lowest BCUT2D eigenvalue weighted by atomic mass is 9.99.